The van der Waals surface area contributed by atoms with E-state index in [-0.39, 0.29) is 18.7 Å². The number of nitrogens with zero attached hydrogens (tertiary/aromatic N) is 1. The standard InChI is InChI=1S/C10H11BrF3NO2S/c1-2-7-15(18(16,17)10(12,13)14)9-5-3-8(11)4-6-9/h3-6H,2,7H2,1H3. The zero-order valence-corrected chi connectivity index (χ0v) is 11.8. The lowest BCUT2D eigenvalue weighted by atomic mass is 10.3. The van der Waals surface area contributed by atoms with Crippen molar-refractivity contribution in [3.8, 4) is 0 Å². The fourth-order valence-corrected chi connectivity index (χ4v) is 2.66. The van der Waals surface area contributed by atoms with Gasteiger partial charge in [0.1, 0.15) is 0 Å². The van der Waals surface area contributed by atoms with Crippen LogP contribution in [0.25, 0.3) is 0 Å². The lowest BCUT2D eigenvalue weighted by Gasteiger charge is -2.24. The molecule has 0 aliphatic carbocycles. The summed E-state index contributed by atoms with van der Waals surface area (Å²) in [4.78, 5) is 0. The molecule has 0 spiro atoms. The number of alkyl halides is 3. The van der Waals surface area contributed by atoms with E-state index in [0.717, 1.165) is 0 Å². The van der Waals surface area contributed by atoms with Crippen LogP contribution in [0.4, 0.5) is 18.9 Å². The van der Waals surface area contributed by atoms with Gasteiger partial charge in [-0.05, 0) is 30.7 Å². The minimum Gasteiger partial charge on any atom is -0.263 e. The highest BCUT2D eigenvalue weighted by Crippen LogP contribution is 2.31. The number of sulfonamides is 1. The second-order valence-corrected chi connectivity index (χ2v) is 6.27. The molecule has 0 radical (unpaired) electrons. The molecular weight excluding hydrogens is 335 g/mol. The zero-order valence-electron chi connectivity index (χ0n) is 9.41. The fourth-order valence-electron chi connectivity index (χ4n) is 1.32. The maximum Gasteiger partial charge on any atom is 0.516 e. The van der Waals surface area contributed by atoms with Gasteiger partial charge >= 0.3 is 15.5 Å². The highest BCUT2D eigenvalue weighted by atomic mass is 79.9. The zero-order chi connectivity index (χ0) is 14.0. The summed E-state index contributed by atoms with van der Waals surface area (Å²) in [6.45, 7) is 1.39. The summed E-state index contributed by atoms with van der Waals surface area (Å²) in [7, 11) is -5.35. The topological polar surface area (TPSA) is 37.4 Å². The SMILES string of the molecule is CCCN(c1ccc(Br)cc1)S(=O)(=O)C(F)(F)F. The Labute approximate surface area is 112 Å². The summed E-state index contributed by atoms with van der Waals surface area (Å²) in [5.41, 5.74) is -5.30. The first kappa shape index (κ1) is 15.3. The van der Waals surface area contributed by atoms with Gasteiger partial charge in [0.25, 0.3) is 0 Å². The maximum atomic E-state index is 12.5. The van der Waals surface area contributed by atoms with Crippen LogP contribution in [-0.2, 0) is 10.0 Å². The largest absolute Gasteiger partial charge is 0.516 e. The molecule has 0 N–H and O–H groups in total. The van der Waals surface area contributed by atoms with Crippen molar-refractivity contribution in [2.24, 2.45) is 0 Å². The second kappa shape index (κ2) is 5.48. The minimum atomic E-state index is -5.35. The molecule has 0 aliphatic rings. The van der Waals surface area contributed by atoms with Crippen LogP contribution in [0.1, 0.15) is 13.3 Å². The van der Waals surface area contributed by atoms with Gasteiger partial charge in [-0.15, -0.1) is 0 Å². The molecule has 1 aromatic carbocycles. The van der Waals surface area contributed by atoms with Crippen molar-refractivity contribution in [3.63, 3.8) is 0 Å². The molecule has 8 heteroatoms. The molecule has 1 aromatic rings. The maximum absolute atomic E-state index is 12.5. The minimum absolute atomic E-state index is 0.00243. The van der Waals surface area contributed by atoms with Crippen molar-refractivity contribution in [1.82, 2.24) is 0 Å². The van der Waals surface area contributed by atoms with Crippen molar-refractivity contribution in [2.45, 2.75) is 18.9 Å². The predicted octanol–water partition coefficient (Wildman–Crippen LogP) is 3.52. The summed E-state index contributed by atoms with van der Waals surface area (Å²) < 4.78 is 61.5. The van der Waals surface area contributed by atoms with Crippen LogP contribution in [0.3, 0.4) is 0 Å². The van der Waals surface area contributed by atoms with Gasteiger partial charge < -0.3 is 0 Å². The van der Waals surface area contributed by atoms with Crippen LogP contribution in [0.5, 0.6) is 0 Å². The van der Waals surface area contributed by atoms with E-state index in [4.69, 9.17) is 0 Å². The van der Waals surface area contributed by atoms with Gasteiger partial charge in [-0.3, -0.25) is 4.31 Å². The van der Waals surface area contributed by atoms with Crippen molar-refractivity contribution in [2.75, 3.05) is 10.8 Å². The lowest BCUT2D eigenvalue weighted by molar-refractivity contribution is -0.0438. The Hall–Kier alpha value is -0.760. The van der Waals surface area contributed by atoms with Crippen molar-refractivity contribution < 1.29 is 21.6 Å². The van der Waals surface area contributed by atoms with Crippen LogP contribution < -0.4 is 4.31 Å². The Morgan fingerprint density at radius 3 is 2.11 bits per heavy atom. The number of rotatable bonds is 4. The van der Waals surface area contributed by atoms with Crippen molar-refractivity contribution >= 4 is 31.6 Å². The molecule has 0 fully saturated rings. The number of hydrogen-bond donors (Lipinski definition) is 0. The van der Waals surface area contributed by atoms with Crippen molar-refractivity contribution in [3.05, 3.63) is 28.7 Å². The predicted molar refractivity (Wildman–Crippen MR) is 66.8 cm³/mol. The van der Waals surface area contributed by atoms with Crippen LogP contribution in [-0.4, -0.2) is 20.5 Å². The van der Waals surface area contributed by atoms with E-state index in [1.807, 2.05) is 0 Å². The molecule has 0 amide bonds. The molecule has 18 heavy (non-hydrogen) atoms. The summed E-state index contributed by atoms with van der Waals surface area (Å²) in [5.74, 6) is 0. The third-order valence-electron chi connectivity index (χ3n) is 2.12. The summed E-state index contributed by atoms with van der Waals surface area (Å²) in [6.07, 6.45) is 0.283. The highest BCUT2D eigenvalue weighted by molar-refractivity contribution is 9.10. The summed E-state index contributed by atoms with van der Waals surface area (Å²) in [6, 6.07) is 5.62. The molecule has 0 heterocycles. The molecule has 1 rings (SSSR count). The first-order valence-corrected chi connectivity index (χ1v) is 7.28. The molecule has 0 unspecified atom stereocenters. The molecular formula is C10H11BrF3NO2S. The van der Waals surface area contributed by atoms with Gasteiger partial charge in [-0.25, -0.2) is 0 Å². The van der Waals surface area contributed by atoms with Gasteiger partial charge in [-0.1, -0.05) is 22.9 Å². The lowest BCUT2D eigenvalue weighted by Crippen LogP contribution is -2.41. The third-order valence-corrected chi connectivity index (χ3v) is 4.21. The van der Waals surface area contributed by atoms with E-state index in [2.05, 4.69) is 15.9 Å². The number of halogens is 4. The number of anilines is 1. The monoisotopic (exact) mass is 345 g/mol. The van der Waals surface area contributed by atoms with E-state index in [1.165, 1.54) is 24.3 Å². The van der Waals surface area contributed by atoms with Crippen LogP contribution in [0.15, 0.2) is 28.7 Å². The molecule has 0 saturated heterocycles. The Kier molecular flexibility index (Phi) is 4.66. The normalized spacial score (nSPS) is 12.5. The van der Waals surface area contributed by atoms with Gasteiger partial charge in [0.15, 0.2) is 0 Å². The van der Waals surface area contributed by atoms with E-state index >= 15 is 0 Å². The number of benzene rings is 1. The van der Waals surface area contributed by atoms with E-state index in [0.29, 0.717) is 8.78 Å². The van der Waals surface area contributed by atoms with Gasteiger partial charge in [-0.2, -0.15) is 21.6 Å². The van der Waals surface area contributed by atoms with Gasteiger partial charge in [0.2, 0.25) is 0 Å². The molecule has 102 valence electrons. The van der Waals surface area contributed by atoms with Crippen molar-refractivity contribution in [1.29, 1.82) is 0 Å². The molecule has 0 saturated carbocycles. The Morgan fingerprint density at radius 2 is 1.72 bits per heavy atom. The van der Waals surface area contributed by atoms with Crippen LogP contribution in [0, 0.1) is 0 Å². The fraction of sp³-hybridized carbons (Fsp3) is 0.400. The average molecular weight is 346 g/mol. The quantitative estimate of drug-likeness (QED) is 0.837. The average Bonchev–Trinajstić information content (AvgIpc) is 2.25. The van der Waals surface area contributed by atoms with E-state index in [9.17, 15) is 21.6 Å². The number of hydrogen-bond acceptors (Lipinski definition) is 2. The molecule has 0 aliphatic heterocycles. The van der Waals surface area contributed by atoms with Gasteiger partial charge in [0, 0.05) is 11.0 Å². The van der Waals surface area contributed by atoms with Gasteiger partial charge in [0.05, 0.1) is 5.69 Å². The summed E-state index contributed by atoms with van der Waals surface area (Å²) in [5, 5.41) is 0. The van der Waals surface area contributed by atoms with E-state index in [1.54, 1.807) is 6.92 Å². The highest BCUT2D eigenvalue weighted by Gasteiger charge is 2.49. The molecule has 3 nitrogen and oxygen atoms in total. The molecule has 0 atom stereocenters. The Morgan fingerprint density at radius 1 is 1.22 bits per heavy atom. The third kappa shape index (κ3) is 3.17. The van der Waals surface area contributed by atoms with Crippen LogP contribution >= 0.6 is 15.9 Å². The van der Waals surface area contributed by atoms with E-state index < -0.39 is 15.5 Å². The summed E-state index contributed by atoms with van der Waals surface area (Å²) >= 11 is 3.13. The first-order valence-electron chi connectivity index (χ1n) is 5.04. The molecule has 0 aromatic heterocycles. The van der Waals surface area contributed by atoms with Crippen LogP contribution in [0.2, 0.25) is 0 Å². The second-order valence-electron chi connectivity index (χ2n) is 3.50. The Bertz CT molecular complexity index is 499. The Balaban J connectivity index is 3.23. The first-order chi connectivity index (χ1) is 8.20. The molecule has 0 bridgehead atoms. The smallest absolute Gasteiger partial charge is 0.263 e.